The van der Waals surface area contributed by atoms with Gasteiger partial charge in [0, 0.05) is 5.56 Å². The van der Waals surface area contributed by atoms with Crippen molar-refractivity contribution in [3.05, 3.63) is 56.9 Å². The van der Waals surface area contributed by atoms with Crippen LogP contribution in [0.5, 0.6) is 0 Å². The molecule has 1 heterocycles. The molecule has 0 aliphatic heterocycles. The van der Waals surface area contributed by atoms with E-state index in [4.69, 9.17) is 16.0 Å². The minimum Gasteiger partial charge on any atom is -0.465 e. The first kappa shape index (κ1) is 12.5. The zero-order valence-corrected chi connectivity index (χ0v) is 10.6. The maximum absolute atomic E-state index is 13.5. The average molecular weight is 324 g/mol. The maximum Gasteiger partial charge on any atom is 0.151 e. The first-order chi connectivity index (χ1) is 8.00. The third-order valence-electron chi connectivity index (χ3n) is 2.23. The van der Waals surface area contributed by atoms with E-state index in [0.29, 0.717) is 4.47 Å². The van der Waals surface area contributed by atoms with Crippen LogP contribution >= 0.6 is 27.5 Å². The molecule has 17 heavy (non-hydrogen) atoms. The van der Waals surface area contributed by atoms with Gasteiger partial charge in [0.05, 0.1) is 15.8 Å². The molecule has 2 rings (SSSR count). The highest BCUT2D eigenvalue weighted by molar-refractivity contribution is 9.10. The van der Waals surface area contributed by atoms with Crippen molar-refractivity contribution >= 4 is 27.5 Å². The van der Waals surface area contributed by atoms with Crippen LogP contribution in [-0.4, -0.2) is 5.11 Å². The van der Waals surface area contributed by atoms with Gasteiger partial charge in [-0.2, -0.15) is 0 Å². The van der Waals surface area contributed by atoms with Crippen molar-refractivity contribution in [3.8, 4) is 0 Å². The van der Waals surface area contributed by atoms with Gasteiger partial charge in [-0.3, -0.25) is 0 Å². The summed E-state index contributed by atoms with van der Waals surface area (Å²) in [4.78, 5) is 0. The smallest absolute Gasteiger partial charge is 0.151 e. The fourth-order valence-electron chi connectivity index (χ4n) is 1.39. The number of hydrogen-bond acceptors (Lipinski definition) is 2. The number of hydrogen-bond donors (Lipinski definition) is 1. The summed E-state index contributed by atoms with van der Waals surface area (Å²) >= 11 is 8.54. The number of rotatable bonds is 2. The van der Waals surface area contributed by atoms with Crippen molar-refractivity contribution in [2.24, 2.45) is 0 Å². The summed E-state index contributed by atoms with van der Waals surface area (Å²) in [6, 6.07) is 3.20. The molecule has 1 atom stereocenters. The van der Waals surface area contributed by atoms with Gasteiger partial charge in [0.25, 0.3) is 0 Å². The molecule has 6 heteroatoms. The Morgan fingerprint density at radius 1 is 1.29 bits per heavy atom. The zero-order valence-electron chi connectivity index (χ0n) is 8.25. The lowest BCUT2D eigenvalue weighted by Gasteiger charge is -2.10. The fraction of sp³-hybridized carbons (Fsp3) is 0.0909. The molecule has 0 spiro atoms. The molecule has 0 amide bonds. The van der Waals surface area contributed by atoms with Crippen LogP contribution in [0.2, 0.25) is 5.02 Å². The molecule has 1 aromatic carbocycles. The summed E-state index contributed by atoms with van der Waals surface area (Å²) in [5.74, 6) is -1.50. The van der Waals surface area contributed by atoms with Gasteiger partial charge in [-0.1, -0.05) is 11.6 Å². The van der Waals surface area contributed by atoms with Gasteiger partial charge in [-0.15, -0.1) is 0 Å². The second-order valence-electron chi connectivity index (χ2n) is 3.32. The fourth-order valence-corrected chi connectivity index (χ4v) is 1.96. The summed E-state index contributed by atoms with van der Waals surface area (Å²) in [5.41, 5.74) is -0.234. The van der Waals surface area contributed by atoms with E-state index in [1.54, 1.807) is 6.07 Å². The molecule has 0 radical (unpaired) electrons. The number of halogens is 4. The summed E-state index contributed by atoms with van der Waals surface area (Å²) in [5, 5.41) is 9.55. The molecule has 0 saturated carbocycles. The highest BCUT2D eigenvalue weighted by Gasteiger charge is 2.22. The molecule has 1 N–H and O–H groups in total. The van der Waals surface area contributed by atoms with Crippen molar-refractivity contribution < 1.29 is 18.3 Å². The molecule has 0 aliphatic carbocycles. The summed E-state index contributed by atoms with van der Waals surface area (Å²) in [7, 11) is 0. The molecule has 1 aromatic heterocycles. The Kier molecular flexibility index (Phi) is 3.51. The third kappa shape index (κ3) is 2.36. The van der Waals surface area contributed by atoms with E-state index in [0.717, 1.165) is 12.1 Å². The lowest BCUT2D eigenvalue weighted by molar-refractivity contribution is 0.183. The van der Waals surface area contributed by atoms with Crippen LogP contribution in [0, 0.1) is 11.6 Å². The van der Waals surface area contributed by atoms with Gasteiger partial charge < -0.3 is 9.52 Å². The predicted octanol–water partition coefficient (Wildman–Crippen LogP) is 4.06. The van der Waals surface area contributed by atoms with Crippen molar-refractivity contribution in [1.82, 2.24) is 0 Å². The Balaban J connectivity index is 2.48. The monoisotopic (exact) mass is 322 g/mol. The third-order valence-corrected chi connectivity index (χ3v) is 3.17. The van der Waals surface area contributed by atoms with Gasteiger partial charge in [0.15, 0.2) is 5.76 Å². The zero-order chi connectivity index (χ0) is 12.6. The van der Waals surface area contributed by atoms with Crippen LogP contribution in [0.15, 0.2) is 33.4 Å². The van der Waals surface area contributed by atoms with Crippen LogP contribution in [0.4, 0.5) is 8.78 Å². The number of benzene rings is 1. The molecule has 2 aromatic rings. The molecular weight excluding hydrogens is 317 g/mol. The molecule has 0 aliphatic rings. The summed E-state index contributed by atoms with van der Waals surface area (Å²) in [6.07, 6.45) is -0.0709. The molecule has 0 fully saturated rings. The van der Waals surface area contributed by atoms with E-state index in [9.17, 15) is 13.9 Å². The molecular formula is C11H6BrClF2O2. The Labute approximate surface area is 109 Å². The first-order valence-electron chi connectivity index (χ1n) is 4.56. The van der Waals surface area contributed by atoms with Crippen LogP contribution < -0.4 is 0 Å². The SMILES string of the molecule is OC(c1cc(F)c(Cl)cc1F)c1occc1Br. The second kappa shape index (κ2) is 4.76. The normalized spacial score (nSPS) is 12.8. The Bertz CT molecular complexity index is 556. The van der Waals surface area contributed by atoms with Gasteiger partial charge in [0.2, 0.25) is 0 Å². The van der Waals surface area contributed by atoms with E-state index in [1.807, 2.05) is 0 Å². The summed E-state index contributed by atoms with van der Waals surface area (Å²) < 4.78 is 32.2. The van der Waals surface area contributed by atoms with Gasteiger partial charge in [0.1, 0.15) is 17.7 Å². The van der Waals surface area contributed by atoms with Crippen molar-refractivity contribution in [2.45, 2.75) is 6.10 Å². The van der Waals surface area contributed by atoms with Gasteiger partial charge >= 0.3 is 0 Å². The maximum atomic E-state index is 13.5. The van der Waals surface area contributed by atoms with Crippen molar-refractivity contribution in [1.29, 1.82) is 0 Å². The Morgan fingerprint density at radius 3 is 2.59 bits per heavy atom. The largest absolute Gasteiger partial charge is 0.465 e. The van der Waals surface area contributed by atoms with E-state index in [2.05, 4.69) is 15.9 Å². The van der Waals surface area contributed by atoms with Crippen molar-refractivity contribution in [2.75, 3.05) is 0 Å². The van der Waals surface area contributed by atoms with Crippen molar-refractivity contribution in [3.63, 3.8) is 0 Å². The first-order valence-corrected chi connectivity index (χ1v) is 5.73. The van der Waals surface area contributed by atoms with Crippen LogP contribution in [0.25, 0.3) is 0 Å². The van der Waals surface area contributed by atoms with Crippen LogP contribution in [0.3, 0.4) is 0 Å². The number of aliphatic hydroxyl groups is 1. The number of furan rings is 1. The predicted molar refractivity (Wildman–Crippen MR) is 61.8 cm³/mol. The lowest BCUT2D eigenvalue weighted by Crippen LogP contribution is -2.03. The molecule has 1 unspecified atom stereocenters. The van der Waals surface area contributed by atoms with E-state index >= 15 is 0 Å². The molecule has 90 valence electrons. The van der Waals surface area contributed by atoms with Crippen LogP contribution in [-0.2, 0) is 0 Å². The lowest BCUT2D eigenvalue weighted by atomic mass is 10.1. The minimum absolute atomic E-state index is 0.102. The topological polar surface area (TPSA) is 33.4 Å². The second-order valence-corrected chi connectivity index (χ2v) is 4.58. The molecule has 0 bridgehead atoms. The standard InChI is InChI=1S/C11H6BrClF2O2/c12-6-1-2-17-11(6)10(16)5-3-9(15)7(13)4-8(5)14/h1-4,10,16H. The Morgan fingerprint density at radius 2 is 2.00 bits per heavy atom. The van der Waals surface area contributed by atoms with Gasteiger partial charge in [-0.25, -0.2) is 8.78 Å². The van der Waals surface area contributed by atoms with Gasteiger partial charge in [-0.05, 0) is 34.1 Å². The van der Waals surface area contributed by atoms with Crippen LogP contribution in [0.1, 0.15) is 17.4 Å². The summed E-state index contributed by atoms with van der Waals surface area (Å²) in [6.45, 7) is 0. The number of aliphatic hydroxyl groups excluding tert-OH is 1. The quantitative estimate of drug-likeness (QED) is 0.846. The highest BCUT2D eigenvalue weighted by Crippen LogP contribution is 2.32. The van der Waals surface area contributed by atoms with E-state index < -0.39 is 17.7 Å². The van der Waals surface area contributed by atoms with E-state index in [-0.39, 0.29) is 16.3 Å². The molecule has 2 nitrogen and oxygen atoms in total. The Hall–Kier alpha value is -0.910. The molecule has 0 saturated heterocycles. The highest BCUT2D eigenvalue weighted by atomic mass is 79.9. The van der Waals surface area contributed by atoms with E-state index in [1.165, 1.54) is 6.26 Å². The average Bonchev–Trinajstić information content (AvgIpc) is 2.69. The minimum atomic E-state index is -1.40.